The molecule has 0 aromatic carbocycles. The summed E-state index contributed by atoms with van der Waals surface area (Å²) >= 11 is 0. The Labute approximate surface area is 201 Å². The molecule has 4 heterocycles. The topological polar surface area (TPSA) is 172 Å². The third kappa shape index (κ3) is 4.99. The molecule has 0 radical (unpaired) electrons. The molecular weight excluding hydrogens is 450 g/mol. The molecule has 13 heteroatoms. The van der Waals surface area contributed by atoms with E-state index in [-0.39, 0.29) is 25.1 Å². The Morgan fingerprint density at radius 2 is 2.03 bits per heavy atom. The van der Waals surface area contributed by atoms with E-state index >= 15 is 0 Å². The summed E-state index contributed by atoms with van der Waals surface area (Å²) in [5.41, 5.74) is 10.4. The molecule has 0 saturated heterocycles. The highest BCUT2D eigenvalue weighted by Crippen LogP contribution is 2.25. The lowest BCUT2D eigenvalue weighted by Gasteiger charge is -2.21. The molecule has 0 atom stereocenters. The van der Waals surface area contributed by atoms with Crippen LogP contribution in [0.25, 0.3) is 22.4 Å². The molecular formula is C22H27N11O2. The highest BCUT2D eigenvalue weighted by Gasteiger charge is 2.28. The van der Waals surface area contributed by atoms with Gasteiger partial charge >= 0.3 is 0 Å². The van der Waals surface area contributed by atoms with E-state index in [1.54, 1.807) is 49.4 Å². The molecule has 0 aliphatic heterocycles. The van der Waals surface area contributed by atoms with Crippen LogP contribution in [0.5, 0.6) is 0 Å². The molecule has 4 N–H and O–H groups in total. The van der Waals surface area contributed by atoms with Crippen molar-refractivity contribution in [3.8, 4) is 11.4 Å². The fourth-order valence-electron chi connectivity index (χ4n) is 3.75. The molecule has 0 aliphatic rings. The van der Waals surface area contributed by atoms with Gasteiger partial charge in [-0.3, -0.25) is 9.48 Å². The summed E-state index contributed by atoms with van der Waals surface area (Å²) < 4.78 is 3.60. The van der Waals surface area contributed by atoms with Gasteiger partial charge in [0, 0.05) is 24.5 Å². The highest BCUT2D eigenvalue weighted by atomic mass is 16.3. The first kappa shape index (κ1) is 23.9. The quantitative estimate of drug-likeness (QED) is 0.210. The third-order valence-electron chi connectivity index (χ3n) is 5.44. The van der Waals surface area contributed by atoms with Crippen LogP contribution in [-0.2, 0) is 17.9 Å². The highest BCUT2D eigenvalue weighted by molar-refractivity contribution is 5.81. The minimum Gasteiger partial charge on any atom is -0.388 e. The van der Waals surface area contributed by atoms with Gasteiger partial charge in [0.2, 0.25) is 5.91 Å². The van der Waals surface area contributed by atoms with Crippen molar-refractivity contribution in [2.45, 2.75) is 46.9 Å². The average molecular weight is 478 g/mol. The monoisotopic (exact) mass is 477 g/mol. The number of rotatable bonds is 9. The molecule has 0 bridgehead atoms. The summed E-state index contributed by atoms with van der Waals surface area (Å²) in [6, 6.07) is 3.73. The Hall–Kier alpha value is -4.26. The van der Waals surface area contributed by atoms with E-state index < -0.39 is 5.41 Å². The van der Waals surface area contributed by atoms with Crippen LogP contribution in [0.3, 0.4) is 0 Å². The first-order valence-electron chi connectivity index (χ1n) is 11.0. The van der Waals surface area contributed by atoms with Crippen molar-refractivity contribution in [1.29, 1.82) is 5.53 Å². The maximum Gasteiger partial charge on any atom is 0.248 e. The number of imidazole rings is 1. The fraction of sp³-hybridized carbons (Fsp3) is 0.364. The van der Waals surface area contributed by atoms with E-state index in [1.165, 1.54) is 0 Å². The van der Waals surface area contributed by atoms with Gasteiger partial charge in [-0.25, -0.2) is 25.4 Å². The van der Waals surface area contributed by atoms with Gasteiger partial charge in [0.15, 0.2) is 5.82 Å². The number of aromatic nitrogens is 7. The molecule has 4 aromatic heterocycles. The van der Waals surface area contributed by atoms with Crippen LogP contribution in [0.1, 0.15) is 39.6 Å². The van der Waals surface area contributed by atoms with Crippen LogP contribution < -0.4 is 10.7 Å². The minimum atomic E-state index is -0.819. The summed E-state index contributed by atoms with van der Waals surface area (Å²) in [6.45, 7) is 7.69. The lowest BCUT2D eigenvalue weighted by Crippen LogP contribution is -2.37. The Morgan fingerprint density at radius 1 is 1.23 bits per heavy atom. The van der Waals surface area contributed by atoms with E-state index in [9.17, 15) is 9.90 Å². The molecule has 0 saturated carbocycles. The zero-order chi connectivity index (χ0) is 25.2. The van der Waals surface area contributed by atoms with Crippen molar-refractivity contribution in [2.24, 2.45) is 10.6 Å². The summed E-state index contributed by atoms with van der Waals surface area (Å²) in [4.78, 5) is 29.9. The molecule has 0 unspecified atom stereocenters. The second-order valence-electron chi connectivity index (χ2n) is 8.96. The van der Waals surface area contributed by atoms with Gasteiger partial charge in [-0.05, 0) is 33.8 Å². The Kier molecular flexibility index (Phi) is 6.51. The number of carbonyl (C=O) groups excluding carboxylic acids is 1. The lowest BCUT2D eigenvalue weighted by molar-refractivity contribution is -0.130. The first-order valence-corrected chi connectivity index (χ1v) is 11.0. The van der Waals surface area contributed by atoms with Crippen LogP contribution >= 0.6 is 0 Å². The average Bonchev–Trinajstić information content (AvgIpc) is 3.43. The standard InChI is InChI=1S/C22H27N11O2/c1-13(2)33-16-7-18(25-9-15(16)27-19(33)11-34)28-17-5-6-24-20(29-17)14-8-26-32(10-14)12-22(3,4)21(35)30-31-23/h5-10,13,34H,11-12H2,1-4H3,(H2,23,30,35)(H,24,25,28,29). The molecule has 0 aliphatic carbocycles. The maximum absolute atomic E-state index is 12.1. The normalized spacial score (nSPS) is 11.7. The number of hydrogen-bond donors (Lipinski definition) is 4. The first-order chi connectivity index (χ1) is 16.7. The molecule has 0 spiro atoms. The summed E-state index contributed by atoms with van der Waals surface area (Å²) in [7, 11) is 0. The molecule has 1 amide bonds. The van der Waals surface area contributed by atoms with Gasteiger partial charge in [0.05, 0.1) is 35.4 Å². The Morgan fingerprint density at radius 3 is 2.74 bits per heavy atom. The minimum absolute atomic E-state index is 0.122. The zero-order valence-corrected chi connectivity index (χ0v) is 19.9. The van der Waals surface area contributed by atoms with E-state index in [0.717, 1.165) is 5.52 Å². The molecule has 4 rings (SSSR count). The predicted molar refractivity (Wildman–Crippen MR) is 127 cm³/mol. The van der Waals surface area contributed by atoms with Gasteiger partial charge < -0.3 is 15.0 Å². The number of hydrogen-bond acceptors (Lipinski definition) is 10. The van der Waals surface area contributed by atoms with Gasteiger partial charge in [0.1, 0.15) is 29.6 Å². The van der Waals surface area contributed by atoms with Crippen molar-refractivity contribution in [1.82, 2.24) is 39.7 Å². The molecule has 13 nitrogen and oxygen atoms in total. The largest absolute Gasteiger partial charge is 0.388 e. The lowest BCUT2D eigenvalue weighted by atomic mass is 9.93. The van der Waals surface area contributed by atoms with Crippen molar-refractivity contribution in [3.05, 3.63) is 42.7 Å². The van der Waals surface area contributed by atoms with E-state index in [4.69, 9.17) is 5.53 Å². The predicted octanol–water partition coefficient (Wildman–Crippen LogP) is 2.99. The van der Waals surface area contributed by atoms with Gasteiger partial charge in [-0.2, -0.15) is 10.6 Å². The second kappa shape index (κ2) is 9.54. The number of nitrogens with one attached hydrogen (secondary N) is 3. The third-order valence-corrected chi connectivity index (χ3v) is 5.44. The number of pyridine rings is 1. The number of nitrogens with zero attached hydrogens (tertiary/aromatic N) is 8. The number of amides is 1. The summed E-state index contributed by atoms with van der Waals surface area (Å²) in [6.07, 6.45) is 6.68. The number of aliphatic hydroxyl groups is 1. The summed E-state index contributed by atoms with van der Waals surface area (Å²) in [5.74, 6) is 1.80. The molecule has 4 aromatic rings. The molecule has 182 valence electrons. The number of anilines is 2. The van der Waals surface area contributed by atoms with Gasteiger partial charge in [-0.1, -0.05) is 5.22 Å². The van der Waals surface area contributed by atoms with Crippen molar-refractivity contribution >= 4 is 28.6 Å². The van der Waals surface area contributed by atoms with E-state index in [2.05, 4.69) is 41.0 Å². The zero-order valence-electron chi connectivity index (χ0n) is 19.9. The smallest absolute Gasteiger partial charge is 0.248 e. The second-order valence-corrected chi connectivity index (χ2v) is 8.96. The Bertz CT molecular complexity index is 1370. The van der Waals surface area contributed by atoms with Crippen molar-refractivity contribution in [3.63, 3.8) is 0 Å². The van der Waals surface area contributed by atoms with Crippen LogP contribution in [0, 0.1) is 10.9 Å². The Balaban J connectivity index is 1.55. The number of fused-ring (bicyclic) bond motifs is 1. The van der Waals surface area contributed by atoms with Crippen LogP contribution in [-0.4, -0.2) is 45.3 Å². The number of carbonyl (C=O) groups is 1. The van der Waals surface area contributed by atoms with Crippen LogP contribution in [0.15, 0.2) is 42.1 Å². The summed E-state index contributed by atoms with van der Waals surface area (Å²) in [5, 5.41) is 20.1. The van der Waals surface area contributed by atoms with Crippen LogP contribution in [0.4, 0.5) is 11.6 Å². The van der Waals surface area contributed by atoms with Gasteiger partial charge in [-0.15, -0.1) is 0 Å². The van der Waals surface area contributed by atoms with Gasteiger partial charge in [0.25, 0.3) is 0 Å². The maximum atomic E-state index is 12.1. The fourth-order valence-corrected chi connectivity index (χ4v) is 3.75. The van der Waals surface area contributed by atoms with E-state index in [1.807, 2.05) is 24.5 Å². The molecule has 35 heavy (non-hydrogen) atoms. The van der Waals surface area contributed by atoms with Crippen molar-refractivity contribution in [2.75, 3.05) is 5.32 Å². The van der Waals surface area contributed by atoms with E-state index in [0.29, 0.717) is 34.4 Å². The number of aliphatic hydroxyl groups excluding tert-OH is 1. The molecule has 0 fully saturated rings. The van der Waals surface area contributed by atoms with Crippen LogP contribution in [0.2, 0.25) is 0 Å². The SMILES string of the molecule is CC(C)n1c(CO)nc2cnc(Nc3ccnc(-c4cnn(CC(C)(C)C(=O)NN=N)c4)n3)cc21. The van der Waals surface area contributed by atoms with Crippen molar-refractivity contribution < 1.29 is 9.90 Å².